The summed E-state index contributed by atoms with van der Waals surface area (Å²) >= 11 is 0. The number of allylic oxidation sites excluding steroid dienone is 1. The molecule has 34 heavy (non-hydrogen) atoms. The van der Waals surface area contributed by atoms with E-state index in [4.69, 9.17) is 18.9 Å². The minimum absolute atomic E-state index is 0. The monoisotopic (exact) mass is 468 g/mol. The first-order valence-electron chi connectivity index (χ1n) is 10.2. The van der Waals surface area contributed by atoms with Gasteiger partial charge < -0.3 is 28.8 Å². The van der Waals surface area contributed by atoms with Crippen LogP contribution in [0.4, 0.5) is 0 Å². The van der Waals surface area contributed by atoms with Crippen molar-refractivity contribution in [2.45, 2.75) is 6.42 Å². The number of rotatable bonds is 8. The molecule has 3 aromatic rings. The molecule has 0 bridgehead atoms. The molecule has 0 saturated carbocycles. The molecule has 0 fully saturated rings. The molecule has 0 unspecified atom stereocenters. The fourth-order valence-corrected chi connectivity index (χ4v) is 3.69. The summed E-state index contributed by atoms with van der Waals surface area (Å²) in [4.78, 5) is 26.0. The van der Waals surface area contributed by atoms with Gasteiger partial charge in [-0.05, 0) is 47.5 Å². The molecule has 1 aliphatic rings. The van der Waals surface area contributed by atoms with Gasteiger partial charge in [-0.3, -0.25) is 4.79 Å². The Kier molecular flexibility index (Phi) is 8.39. The normalized spacial score (nSPS) is 12.3. The van der Waals surface area contributed by atoms with Gasteiger partial charge in [-0.15, -0.1) is 0 Å². The molecule has 7 nitrogen and oxygen atoms in total. The molecule has 0 aromatic heterocycles. The van der Waals surface area contributed by atoms with E-state index in [9.17, 15) is 14.7 Å². The number of fused-ring (bicyclic) bond motifs is 1. The molecule has 0 N–H and O–H groups in total. The maximum Gasteiger partial charge on any atom is 1.00 e. The molecule has 4 rings (SSSR count). The van der Waals surface area contributed by atoms with E-state index in [1.54, 1.807) is 24.3 Å². The number of hydrogen-bond donors (Lipinski definition) is 0. The fourth-order valence-electron chi connectivity index (χ4n) is 3.69. The first kappa shape index (κ1) is 25.4. The summed E-state index contributed by atoms with van der Waals surface area (Å²) in [5.41, 5.74) is 1.17. The second-order valence-corrected chi connectivity index (χ2v) is 7.27. The minimum atomic E-state index is -1.48. The molecule has 1 heterocycles. The summed E-state index contributed by atoms with van der Waals surface area (Å²) in [6, 6.07) is 18.7. The van der Waals surface area contributed by atoms with Crippen molar-refractivity contribution in [3.05, 3.63) is 89.0 Å². The van der Waals surface area contributed by atoms with E-state index in [0.717, 1.165) is 5.56 Å². The van der Waals surface area contributed by atoms with Gasteiger partial charge in [0.25, 0.3) is 0 Å². The average Bonchev–Trinajstić information content (AvgIpc) is 3.32. The molecule has 0 spiro atoms. The van der Waals surface area contributed by atoms with Crippen molar-refractivity contribution >= 4 is 17.3 Å². The van der Waals surface area contributed by atoms with Crippen LogP contribution in [0, 0.1) is 0 Å². The Balaban J connectivity index is 0.00000324. The smallest absolute Gasteiger partial charge is 0.545 e. The maximum atomic E-state index is 13.6. The molecule has 1 aliphatic heterocycles. The summed E-state index contributed by atoms with van der Waals surface area (Å²) in [6.07, 6.45) is 0.0891. The second-order valence-electron chi connectivity index (χ2n) is 7.27. The first-order valence-corrected chi connectivity index (χ1v) is 10.2. The Hall–Kier alpha value is -3.26. The minimum Gasteiger partial charge on any atom is -0.545 e. The number of carboxylic acids is 1. The third-order valence-electron chi connectivity index (χ3n) is 5.30. The average molecular weight is 468 g/mol. The van der Waals surface area contributed by atoms with Crippen LogP contribution in [0.1, 0.15) is 21.5 Å². The number of methoxy groups -OCH3 is 2. The Morgan fingerprint density at radius 3 is 2.24 bits per heavy atom. The number of hydrogen-bond acceptors (Lipinski definition) is 7. The molecule has 8 heteroatoms. The fraction of sp³-hybridized carbons (Fsp3) is 0.154. The van der Waals surface area contributed by atoms with Crippen molar-refractivity contribution in [2.24, 2.45) is 0 Å². The third kappa shape index (κ3) is 5.28. The van der Waals surface area contributed by atoms with E-state index in [-0.39, 0.29) is 59.5 Å². The summed E-state index contributed by atoms with van der Waals surface area (Å²) in [5.74, 6) is -0.319. The Bertz CT molecular complexity index is 1220. The van der Waals surface area contributed by atoms with Crippen molar-refractivity contribution in [2.75, 3.05) is 21.0 Å². The van der Waals surface area contributed by atoms with Gasteiger partial charge in [0, 0.05) is 23.1 Å². The summed E-state index contributed by atoms with van der Waals surface area (Å²) in [5, 5.41) is 12.4. The number of benzene rings is 3. The molecule has 0 saturated heterocycles. The predicted molar refractivity (Wildman–Crippen MR) is 119 cm³/mol. The van der Waals surface area contributed by atoms with Crippen LogP contribution in [0.25, 0.3) is 5.57 Å². The van der Waals surface area contributed by atoms with Gasteiger partial charge in [-0.2, -0.15) is 0 Å². The number of aliphatic carboxylic acids is 1. The van der Waals surface area contributed by atoms with Crippen LogP contribution < -0.4 is 53.6 Å². The molecule has 168 valence electrons. The van der Waals surface area contributed by atoms with Crippen LogP contribution in [0.5, 0.6) is 23.0 Å². The number of carbonyl (C=O) groups is 2. The Labute approximate surface area is 219 Å². The standard InChI is InChI=1S/C26H22O7.Na/c1-30-19-10-8-17(9-11-19)24(27)20(12-16-6-4-3-5-7-16)23(26(28)29)18-13-21(31-2)25-22(14-18)32-15-33-25;/h3-11,13-14H,12,15H2,1-2H3,(H,28,29);/q;+1/p-1/b23-20+;. The Morgan fingerprint density at radius 1 is 0.912 bits per heavy atom. The molecule has 0 atom stereocenters. The molecule has 0 radical (unpaired) electrons. The van der Waals surface area contributed by atoms with Crippen molar-refractivity contribution < 1.29 is 63.2 Å². The van der Waals surface area contributed by atoms with Crippen molar-refractivity contribution in [1.29, 1.82) is 0 Å². The van der Waals surface area contributed by atoms with E-state index >= 15 is 0 Å². The molecule has 3 aromatic carbocycles. The van der Waals surface area contributed by atoms with Gasteiger partial charge in [0.05, 0.1) is 20.2 Å². The zero-order valence-electron chi connectivity index (χ0n) is 19.1. The predicted octanol–water partition coefficient (Wildman–Crippen LogP) is 0.0656. The number of ketones is 1. The van der Waals surface area contributed by atoms with Gasteiger partial charge in [0.2, 0.25) is 12.5 Å². The maximum absolute atomic E-state index is 13.6. The van der Waals surface area contributed by atoms with Crippen molar-refractivity contribution in [1.82, 2.24) is 0 Å². The molecular formula is C26H21NaO7. The van der Waals surface area contributed by atoms with E-state index in [1.807, 2.05) is 30.3 Å². The molecule has 0 amide bonds. The SMILES string of the molecule is COc1ccc(C(=O)/C(Cc2ccccc2)=C(/C(=O)[O-])c2cc(OC)c3c(c2)OCO3)cc1.[Na+]. The quantitative estimate of drug-likeness (QED) is 0.262. The van der Waals surface area contributed by atoms with Crippen LogP contribution >= 0.6 is 0 Å². The third-order valence-corrected chi connectivity index (χ3v) is 5.30. The summed E-state index contributed by atoms with van der Waals surface area (Å²) in [6.45, 7) is -0.0127. The van der Waals surface area contributed by atoms with Crippen LogP contribution in [0.15, 0.2) is 72.3 Å². The van der Waals surface area contributed by atoms with Gasteiger partial charge in [-0.1, -0.05) is 30.3 Å². The largest absolute Gasteiger partial charge is 1.00 e. The van der Waals surface area contributed by atoms with Crippen LogP contribution in [-0.2, 0) is 11.2 Å². The van der Waals surface area contributed by atoms with E-state index in [1.165, 1.54) is 26.4 Å². The zero-order chi connectivity index (χ0) is 23.4. The van der Waals surface area contributed by atoms with Crippen molar-refractivity contribution in [3.63, 3.8) is 0 Å². The second kappa shape index (κ2) is 11.2. The topological polar surface area (TPSA) is 94.1 Å². The van der Waals surface area contributed by atoms with Gasteiger partial charge >= 0.3 is 29.6 Å². The number of carboxylic acid groups (broad SMARTS) is 1. The number of carbonyl (C=O) groups excluding carboxylic acids is 2. The van der Waals surface area contributed by atoms with Crippen molar-refractivity contribution in [3.8, 4) is 23.0 Å². The van der Waals surface area contributed by atoms with E-state index in [0.29, 0.717) is 28.6 Å². The summed E-state index contributed by atoms with van der Waals surface area (Å²) < 4.78 is 21.4. The van der Waals surface area contributed by atoms with Gasteiger partial charge in [-0.25, -0.2) is 0 Å². The number of ether oxygens (including phenoxy) is 4. The van der Waals surface area contributed by atoms with Crippen LogP contribution in [0.2, 0.25) is 0 Å². The zero-order valence-corrected chi connectivity index (χ0v) is 21.1. The van der Waals surface area contributed by atoms with Gasteiger partial charge in [0.15, 0.2) is 17.3 Å². The number of Topliss-reactive ketones (excluding diaryl/α,β-unsaturated/α-hetero) is 1. The van der Waals surface area contributed by atoms with E-state index < -0.39 is 11.8 Å². The van der Waals surface area contributed by atoms with E-state index in [2.05, 4.69) is 0 Å². The first-order chi connectivity index (χ1) is 16.0. The van der Waals surface area contributed by atoms with Crippen LogP contribution in [0.3, 0.4) is 0 Å². The van der Waals surface area contributed by atoms with Gasteiger partial charge in [0.1, 0.15) is 5.75 Å². The summed E-state index contributed by atoms with van der Waals surface area (Å²) in [7, 11) is 2.97. The molecular weight excluding hydrogens is 447 g/mol. The Morgan fingerprint density at radius 2 is 1.62 bits per heavy atom. The van der Waals surface area contributed by atoms with Crippen LogP contribution in [-0.4, -0.2) is 32.8 Å². The molecule has 0 aliphatic carbocycles.